The molecule has 6 aliphatic rings. The van der Waals surface area contributed by atoms with Crippen LogP contribution in [0, 0.1) is 62.1 Å². The molecule has 4 saturated carbocycles. The van der Waals surface area contributed by atoms with Crippen molar-refractivity contribution in [1.29, 1.82) is 0 Å². The molecule has 12 atom stereocenters. The molecule has 6 rings (SSSR count). The number of rotatable bonds is 9. The molecular formula is C45H70O4. The van der Waals surface area contributed by atoms with Gasteiger partial charge in [-0.15, -0.1) is 6.58 Å². The lowest BCUT2D eigenvalue weighted by atomic mass is 9.44. The second-order valence-electron chi connectivity index (χ2n) is 19.9. The first-order valence-corrected chi connectivity index (χ1v) is 20.2. The van der Waals surface area contributed by atoms with Crippen LogP contribution < -0.4 is 0 Å². The first-order chi connectivity index (χ1) is 23.0. The van der Waals surface area contributed by atoms with Gasteiger partial charge in [-0.25, -0.2) is 4.89 Å². The molecule has 0 saturated heterocycles. The normalized spacial score (nSPS) is 46.0. The summed E-state index contributed by atoms with van der Waals surface area (Å²) in [6, 6.07) is 0. The Morgan fingerprint density at radius 1 is 0.878 bits per heavy atom. The molecule has 274 valence electrons. The van der Waals surface area contributed by atoms with Crippen molar-refractivity contribution >= 4 is 5.97 Å². The van der Waals surface area contributed by atoms with E-state index in [0.717, 1.165) is 57.8 Å². The Morgan fingerprint density at radius 3 is 2.10 bits per heavy atom. The van der Waals surface area contributed by atoms with Crippen molar-refractivity contribution in [2.45, 2.75) is 158 Å². The zero-order valence-electron chi connectivity index (χ0n) is 32.6. The van der Waals surface area contributed by atoms with E-state index in [4.69, 9.17) is 9.62 Å². The molecule has 49 heavy (non-hydrogen) atoms. The second-order valence-corrected chi connectivity index (χ2v) is 19.9. The minimum Gasteiger partial charge on any atom is -0.465 e. The molecule has 0 aromatic rings. The van der Waals surface area contributed by atoms with Gasteiger partial charge in [-0.3, -0.25) is 10.1 Å². The average Bonchev–Trinajstić information content (AvgIpc) is 3.05. The zero-order chi connectivity index (χ0) is 35.6. The van der Waals surface area contributed by atoms with Crippen molar-refractivity contribution in [2.24, 2.45) is 62.1 Å². The topological polar surface area (TPSA) is 55.8 Å². The van der Waals surface area contributed by atoms with E-state index in [1.807, 2.05) is 0 Å². The summed E-state index contributed by atoms with van der Waals surface area (Å²) in [7, 11) is 0. The predicted molar refractivity (Wildman–Crippen MR) is 201 cm³/mol. The highest BCUT2D eigenvalue weighted by Crippen LogP contribution is 2.66. The third-order valence-corrected chi connectivity index (χ3v) is 16.8. The van der Waals surface area contributed by atoms with Gasteiger partial charge in [0.1, 0.15) is 0 Å². The number of carbonyl (C=O) groups is 1. The zero-order valence-corrected chi connectivity index (χ0v) is 32.6. The van der Waals surface area contributed by atoms with Crippen LogP contribution in [0.1, 0.15) is 152 Å². The highest BCUT2D eigenvalue weighted by molar-refractivity contribution is 5.77. The van der Waals surface area contributed by atoms with Crippen LogP contribution in [-0.2, 0) is 14.4 Å². The van der Waals surface area contributed by atoms with Gasteiger partial charge in [-0.05, 0) is 138 Å². The van der Waals surface area contributed by atoms with E-state index in [1.165, 1.54) is 37.7 Å². The van der Waals surface area contributed by atoms with Crippen LogP contribution >= 0.6 is 0 Å². The second kappa shape index (κ2) is 13.1. The number of allylic oxidation sites excluding steroid dienone is 6. The summed E-state index contributed by atoms with van der Waals surface area (Å²) in [4.78, 5) is 19.6. The van der Waals surface area contributed by atoms with Crippen molar-refractivity contribution in [3.8, 4) is 0 Å². The molecule has 0 radical (unpaired) electrons. The molecule has 0 spiro atoms. The SMILES string of the molecule is C=CC1(C)C=C2CCC3C(C)(C(=O)OCC(C)CC(OO)C4(C)CCCC5(C)C6CCC(C)(C(=C)C)C=C6CCC45)CCCC3(C)C2CC1. The molecule has 1 N–H and O–H groups in total. The van der Waals surface area contributed by atoms with E-state index in [0.29, 0.717) is 36.7 Å². The number of carbonyl (C=O) groups excluding carboxylic acids is 1. The molecule has 4 fully saturated rings. The summed E-state index contributed by atoms with van der Waals surface area (Å²) >= 11 is 0. The van der Waals surface area contributed by atoms with Gasteiger partial charge < -0.3 is 4.74 Å². The van der Waals surface area contributed by atoms with Gasteiger partial charge in [0.15, 0.2) is 0 Å². The summed E-state index contributed by atoms with van der Waals surface area (Å²) in [5, 5.41) is 10.5. The molecule has 0 bridgehead atoms. The number of ether oxygens (including phenoxy) is 1. The molecule has 4 heteroatoms. The molecule has 0 aromatic heterocycles. The van der Waals surface area contributed by atoms with E-state index >= 15 is 0 Å². The standard InChI is InChI=1S/C45H70O4/c1-11-40(5)24-18-34-32(27-40)14-17-37-43(34,8)21-13-23-45(37,10)39(46)48-29-31(4)26-38(49-47)44(9)22-12-20-42(7)35-19-25-41(6,30(2)3)28-33(35)15-16-36(42)44/h11,27-28,31,34-38,47H,1-2,12-26,29H2,3-10H3. The van der Waals surface area contributed by atoms with Crippen LogP contribution in [0.15, 0.2) is 48.1 Å². The van der Waals surface area contributed by atoms with E-state index in [1.54, 1.807) is 11.1 Å². The van der Waals surface area contributed by atoms with Crippen LogP contribution in [0.4, 0.5) is 0 Å². The Labute approximate surface area is 299 Å². The Hall–Kier alpha value is -1.65. The number of fused-ring (bicyclic) bond motifs is 6. The Balaban J connectivity index is 1.12. The molecule has 4 nitrogen and oxygen atoms in total. The average molecular weight is 675 g/mol. The highest BCUT2D eigenvalue weighted by atomic mass is 17.1. The lowest BCUT2D eigenvalue weighted by molar-refractivity contribution is -0.322. The highest BCUT2D eigenvalue weighted by Gasteiger charge is 2.60. The van der Waals surface area contributed by atoms with Crippen molar-refractivity contribution in [3.63, 3.8) is 0 Å². The summed E-state index contributed by atoms with van der Waals surface area (Å²) in [6.45, 7) is 27.6. The van der Waals surface area contributed by atoms with Gasteiger partial charge in [0.05, 0.1) is 18.1 Å². The van der Waals surface area contributed by atoms with E-state index in [-0.39, 0.29) is 45.1 Å². The molecule has 0 heterocycles. The third kappa shape index (κ3) is 6.09. The van der Waals surface area contributed by atoms with Gasteiger partial charge in [0.2, 0.25) is 0 Å². The summed E-state index contributed by atoms with van der Waals surface area (Å²) in [6.07, 6.45) is 23.5. The largest absolute Gasteiger partial charge is 0.465 e. The van der Waals surface area contributed by atoms with Crippen molar-refractivity contribution in [1.82, 2.24) is 0 Å². The Bertz CT molecular complexity index is 1380. The van der Waals surface area contributed by atoms with E-state index in [2.05, 4.69) is 86.8 Å². The quantitative estimate of drug-likeness (QED) is 0.114. The maximum Gasteiger partial charge on any atom is 0.312 e. The third-order valence-electron chi connectivity index (χ3n) is 16.8. The van der Waals surface area contributed by atoms with Crippen molar-refractivity contribution in [3.05, 3.63) is 48.1 Å². The van der Waals surface area contributed by atoms with Gasteiger partial charge in [-0.1, -0.05) is 95.9 Å². The fraction of sp³-hybridized carbons (Fsp3) is 0.800. The van der Waals surface area contributed by atoms with E-state index in [9.17, 15) is 10.1 Å². The number of esters is 1. The molecule has 0 amide bonds. The number of hydrogen-bond donors (Lipinski definition) is 1. The molecular weight excluding hydrogens is 604 g/mol. The Morgan fingerprint density at radius 2 is 1.47 bits per heavy atom. The van der Waals surface area contributed by atoms with Crippen LogP contribution in [0.5, 0.6) is 0 Å². The minimum absolute atomic E-state index is 0.00183. The number of hydrogen-bond acceptors (Lipinski definition) is 4. The van der Waals surface area contributed by atoms with Crippen LogP contribution in [0.3, 0.4) is 0 Å². The molecule has 6 aliphatic carbocycles. The van der Waals surface area contributed by atoms with Gasteiger partial charge in [-0.2, -0.15) is 0 Å². The van der Waals surface area contributed by atoms with Crippen molar-refractivity contribution < 1.29 is 19.7 Å². The fourth-order valence-corrected chi connectivity index (χ4v) is 13.5. The lowest BCUT2D eigenvalue weighted by Gasteiger charge is -2.61. The van der Waals surface area contributed by atoms with Gasteiger partial charge >= 0.3 is 5.97 Å². The van der Waals surface area contributed by atoms with Crippen LogP contribution in [0.2, 0.25) is 0 Å². The smallest absolute Gasteiger partial charge is 0.312 e. The van der Waals surface area contributed by atoms with Gasteiger partial charge in [0, 0.05) is 16.2 Å². The van der Waals surface area contributed by atoms with Crippen molar-refractivity contribution in [2.75, 3.05) is 6.61 Å². The summed E-state index contributed by atoms with van der Waals surface area (Å²) in [5.41, 5.74) is 4.54. The molecule has 0 aromatic carbocycles. The van der Waals surface area contributed by atoms with Crippen LogP contribution in [0.25, 0.3) is 0 Å². The minimum atomic E-state index is -0.449. The van der Waals surface area contributed by atoms with Crippen LogP contribution in [-0.4, -0.2) is 23.9 Å². The molecule has 0 aliphatic heterocycles. The molecule has 12 unspecified atom stereocenters. The lowest BCUT2D eigenvalue weighted by Crippen LogP contribution is -2.56. The Kier molecular flexibility index (Phi) is 9.91. The first kappa shape index (κ1) is 37.1. The maximum atomic E-state index is 14.2. The monoisotopic (exact) mass is 675 g/mol. The predicted octanol–water partition coefficient (Wildman–Crippen LogP) is 12.1. The maximum absolute atomic E-state index is 14.2. The van der Waals surface area contributed by atoms with E-state index < -0.39 is 5.41 Å². The first-order valence-electron chi connectivity index (χ1n) is 20.2. The van der Waals surface area contributed by atoms with Gasteiger partial charge in [0.25, 0.3) is 0 Å². The summed E-state index contributed by atoms with van der Waals surface area (Å²) < 4.78 is 6.31. The summed E-state index contributed by atoms with van der Waals surface area (Å²) in [5.74, 6) is 2.10. The fourth-order valence-electron chi connectivity index (χ4n) is 13.5.